The number of fused-ring (bicyclic) bond motifs is 1. The molecule has 4 nitrogen and oxygen atoms in total. The lowest BCUT2D eigenvalue weighted by molar-refractivity contribution is 0.247. The third-order valence-corrected chi connectivity index (χ3v) is 4.89. The molecule has 0 saturated heterocycles. The van der Waals surface area contributed by atoms with Crippen molar-refractivity contribution in [3.63, 3.8) is 0 Å². The van der Waals surface area contributed by atoms with Crippen molar-refractivity contribution < 1.29 is 0 Å². The normalized spacial score (nSPS) is 12.9. The smallest absolute Gasteiger partial charge is 0.268 e. The summed E-state index contributed by atoms with van der Waals surface area (Å²) < 4.78 is 0.693. The van der Waals surface area contributed by atoms with Crippen molar-refractivity contribution in [1.29, 1.82) is 0 Å². The van der Waals surface area contributed by atoms with Gasteiger partial charge in [0, 0.05) is 6.04 Å². The molecule has 5 heteroatoms. The van der Waals surface area contributed by atoms with Crippen LogP contribution in [0.2, 0.25) is 0 Å². The third kappa shape index (κ3) is 2.96. The van der Waals surface area contributed by atoms with E-state index in [2.05, 4.69) is 53.0 Å². The standard InChI is InChI=1S/C17H19N3OS/c1-11-4-6-13(7-5-11)12(2)20(3)10-15-18-14-8-9-22-16(14)17(21)19-15/h4-9,12H,10H2,1-3H3,(H,18,19,21)/t12-/m1/s1. The molecule has 0 aliphatic carbocycles. The maximum Gasteiger partial charge on any atom is 0.268 e. The highest BCUT2D eigenvalue weighted by Crippen LogP contribution is 2.21. The van der Waals surface area contributed by atoms with Crippen LogP contribution in [0, 0.1) is 6.92 Å². The number of aromatic amines is 1. The van der Waals surface area contributed by atoms with E-state index in [0.717, 1.165) is 5.52 Å². The summed E-state index contributed by atoms with van der Waals surface area (Å²) in [5.41, 5.74) is 3.24. The number of aromatic nitrogens is 2. The predicted molar refractivity (Wildman–Crippen MR) is 91.3 cm³/mol. The van der Waals surface area contributed by atoms with Crippen molar-refractivity contribution in [3.05, 3.63) is 63.0 Å². The number of nitrogens with zero attached hydrogens (tertiary/aromatic N) is 2. The van der Waals surface area contributed by atoms with Crippen molar-refractivity contribution >= 4 is 21.6 Å². The number of benzene rings is 1. The molecule has 0 radical (unpaired) electrons. The number of H-pyrrole nitrogens is 1. The molecule has 2 aromatic heterocycles. The lowest BCUT2D eigenvalue weighted by Crippen LogP contribution is -2.24. The van der Waals surface area contributed by atoms with Crippen molar-refractivity contribution in [3.8, 4) is 0 Å². The van der Waals surface area contributed by atoms with Gasteiger partial charge in [-0.1, -0.05) is 29.8 Å². The number of rotatable bonds is 4. The minimum absolute atomic E-state index is 0.0496. The van der Waals surface area contributed by atoms with E-state index in [1.165, 1.54) is 22.5 Å². The van der Waals surface area contributed by atoms with Gasteiger partial charge in [-0.15, -0.1) is 11.3 Å². The zero-order valence-corrected chi connectivity index (χ0v) is 13.8. The summed E-state index contributed by atoms with van der Waals surface area (Å²) >= 11 is 1.43. The molecule has 0 bridgehead atoms. The Hall–Kier alpha value is -1.98. The van der Waals surface area contributed by atoms with E-state index in [1.807, 2.05) is 18.5 Å². The van der Waals surface area contributed by atoms with E-state index in [4.69, 9.17) is 0 Å². The topological polar surface area (TPSA) is 49.0 Å². The van der Waals surface area contributed by atoms with E-state index >= 15 is 0 Å². The van der Waals surface area contributed by atoms with Gasteiger partial charge >= 0.3 is 0 Å². The van der Waals surface area contributed by atoms with Crippen LogP contribution < -0.4 is 5.56 Å². The number of hydrogen-bond donors (Lipinski definition) is 1. The maximum atomic E-state index is 12.0. The number of hydrogen-bond acceptors (Lipinski definition) is 4. The second kappa shape index (κ2) is 6.02. The van der Waals surface area contributed by atoms with Gasteiger partial charge in [0.25, 0.3) is 5.56 Å². The Morgan fingerprint density at radius 1 is 1.27 bits per heavy atom. The molecular weight excluding hydrogens is 294 g/mol. The van der Waals surface area contributed by atoms with Crippen molar-refractivity contribution in [2.24, 2.45) is 0 Å². The zero-order valence-electron chi connectivity index (χ0n) is 13.0. The summed E-state index contributed by atoms with van der Waals surface area (Å²) in [6, 6.07) is 10.7. The lowest BCUT2D eigenvalue weighted by atomic mass is 10.1. The molecule has 0 fully saturated rings. The van der Waals surface area contributed by atoms with Crippen molar-refractivity contribution in [2.45, 2.75) is 26.4 Å². The first-order valence-corrected chi connectivity index (χ1v) is 8.16. The highest BCUT2D eigenvalue weighted by atomic mass is 32.1. The monoisotopic (exact) mass is 313 g/mol. The number of thiophene rings is 1. The molecule has 114 valence electrons. The minimum atomic E-state index is -0.0496. The molecular formula is C17H19N3OS. The van der Waals surface area contributed by atoms with Gasteiger partial charge in [0.2, 0.25) is 0 Å². The summed E-state index contributed by atoms with van der Waals surface area (Å²) in [7, 11) is 2.04. The van der Waals surface area contributed by atoms with Crippen LogP contribution in [0.4, 0.5) is 0 Å². The van der Waals surface area contributed by atoms with Gasteiger partial charge in [0.15, 0.2) is 0 Å². The average molecular weight is 313 g/mol. The van der Waals surface area contributed by atoms with Crippen LogP contribution in [0.1, 0.15) is 29.9 Å². The first kappa shape index (κ1) is 14.9. The highest BCUT2D eigenvalue weighted by molar-refractivity contribution is 7.17. The second-order valence-electron chi connectivity index (χ2n) is 5.65. The molecule has 0 aliphatic heterocycles. The Morgan fingerprint density at radius 2 is 2.00 bits per heavy atom. The molecule has 1 N–H and O–H groups in total. The number of nitrogens with one attached hydrogen (secondary N) is 1. The van der Waals surface area contributed by atoms with Gasteiger partial charge in [-0.3, -0.25) is 9.69 Å². The van der Waals surface area contributed by atoms with Crippen LogP contribution in [0.3, 0.4) is 0 Å². The molecule has 0 aliphatic rings. The quantitative estimate of drug-likeness (QED) is 0.802. The van der Waals surface area contributed by atoms with Crippen molar-refractivity contribution in [1.82, 2.24) is 14.9 Å². The van der Waals surface area contributed by atoms with Gasteiger partial charge in [-0.05, 0) is 37.9 Å². The molecule has 2 heterocycles. The molecule has 0 amide bonds. The molecule has 0 unspecified atom stereocenters. The first-order valence-electron chi connectivity index (χ1n) is 7.28. The summed E-state index contributed by atoms with van der Waals surface area (Å²) in [6.45, 7) is 4.85. The van der Waals surface area contributed by atoms with Crippen LogP contribution in [-0.2, 0) is 6.54 Å². The van der Waals surface area contributed by atoms with Crippen LogP contribution in [-0.4, -0.2) is 21.9 Å². The fourth-order valence-electron chi connectivity index (χ4n) is 2.47. The van der Waals surface area contributed by atoms with Gasteiger partial charge < -0.3 is 4.98 Å². The van der Waals surface area contributed by atoms with E-state index in [1.54, 1.807) is 0 Å². The molecule has 0 spiro atoms. The molecule has 0 saturated carbocycles. The van der Waals surface area contributed by atoms with Gasteiger partial charge in [0.05, 0.1) is 12.1 Å². The Kier molecular flexibility index (Phi) is 4.09. The largest absolute Gasteiger partial charge is 0.308 e. The summed E-state index contributed by atoms with van der Waals surface area (Å²) in [5.74, 6) is 0.706. The first-order chi connectivity index (χ1) is 10.5. The molecule has 22 heavy (non-hydrogen) atoms. The summed E-state index contributed by atoms with van der Waals surface area (Å²) in [4.78, 5) is 21.6. The molecule has 3 rings (SSSR count). The summed E-state index contributed by atoms with van der Waals surface area (Å²) in [5, 5.41) is 1.90. The fourth-order valence-corrected chi connectivity index (χ4v) is 3.19. The van der Waals surface area contributed by atoms with Gasteiger partial charge in [0.1, 0.15) is 10.5 Å². The van der Waals surface area contributed by atoms with Gasteiger partial charge in [-0.2, -0.15) is 0 Å². The van der Waals surface area contributed by atoms with Crippen LogP contribution in [0.15, 0.2) is 40.5 Å². The van der Waals surface area contributed by atoms with Crippen LogP contribution in [0.5, 0.6) is 0 Å². The van der Waals surface area contributed by atoms with E-state index in [-0.39, 0.29) is 11.6 Å². The highest BCUT2D eigenvalue weighted by Gasteiger charge is 2.14. The van der Waals surface area contributed by atoms with Crippen LogP contribution in [0.25, 0.3) is 10.2 Å². The summed E-state index contributed by atoms with van der Waals surface area (Å²) in [6.07, 6.45) is 0. The van der Waals surface area contributed by atoms with Gasteiger partial charge in [-0.25, -0.2) is 4.98 Å². The average Bonchev–Trinajstić information content (AvgIpc) is 2.96. The Bertz CT molecular complexity index is 835. The van der Waals surface area contributed by atoms with E-state index in [0.29, 0.717) is 17.1 Å². The Balaban J connectivity index is 1.81. The third-order valence-electron chi connectivity index (χ3n) is 3.98. The molecule has 3 aromatic rings. The second-order valence-corrected chi connectivity index (χ2v) is 6.57. The number of aryl methyl sites for hydroxylation is 1. The SMILES string of the molecule is Cc1ccc([C@@H](C)N(C)Cc2nc3ccsc3c(=O)[nH]2)cc1. The molecule has 1 aromatic carbocycles. The minimum Gasteiger partial charge on any atom is -0.308 e. The Morgan fingerprint density at radius 3 is 2.73 bits per heavy atom. The fraction of sp³-hybridized carbons (Fsp3) is 0.294. The molecule has 1 atom stereocenters. The predicted octanol–water partition coefficient (Wildman–Crippen LogP) is 3.49. The zero-order chi connectivity index (χ0) is 15.7. The maximum absolute atomic E-state index is 12.0. The van der Waals surface area contributed by atoms with Crippen LogP contribution >= 0.6 is 11.3 Å². The van der Waals surface area contributed by atoms with Crippen molar-refractivity contribution in [2.75, 3.05) is 7.05 Å². The van der Waals surface area contributed by atoms with E-state index < -0.39 is 0 Å². The van der Waals surface area contributed by atoms with E-state index in [9.17, 15) is 4.79 Å². The lowest BCUT2D eigenvalue weighted by Gasteiger charge is -2.24. The Labute approximate surface area is 133 Å².